The van der Waals surface area contributed by atoms with Crippen molar-refractivity contribution < 1.29 is 4.42 Å². The van der Waals surface area contributed by atoms with Crippen LogP contribution in [0.25, 0.3) is 76.5 Å². The molecule has 3 nitrogen and oxygen atoms in total. The first-order valence-corrected chi connectivity index (χ1v) is 21.5. The third-order valence-corrected chi connectivity index (χ3v) is 12.4. The molecule has 1 heterocycles. The van der Waals surface area contributed by atoms with E-state index in [0.717, 1.165) is 67.0 Å². The fourth-order valence-corrected chi connectivity index (χ4v) is 9.53. The van der Waals surface area contributed by atoms with Crippen molar-refractivity contribution in [3.63, 3.8) is 0 Å². The minimum absolute atomic E-state index is 0.871. The lowest BCUT2D eigenvalue weighted by Crippen LogP contribution is -2.11. The van der Waals surface area contributed by atoms with Gasteiger partial charge < -0.3 is 14.2 Å². The Kier molecular flexibility index (Phi) is 8.83. The SMILES string of the molecule is c1ccc(-c2ccc(N(c3ccccc3)c3ccc(-c4ccc(N(c5ccccc5)c5cc6oc7ccc8ccccc8c7c6c6ccccc56)cc4)c4ccccc34)cc2)cc1. The van der Waals surface area contributed by atoms with E-state index in [2.05, 4.69) is 252 Å². The van der Waals surface area contributed by atoms with Crippen molar-refractivity contribution in [2.45, 2.75) is 0 Å². The summed E-state index contributed by atoms with van der Waals surface area (Å²) in [5.41, 5.74) is 13.0. The van der Waals surface area contributed by atoms with E-state index in [1.54, 1.807) is 0 Å². The van der Waals surface area contributed by atoms with Gasteiger partial charge in [0.15, 0.2) is 0 Å². The molecule has 12 aromatic rings. The molecule has 0 spiro atoms. The van der Waals surface area contributed by atoms with E-state index in [-0.39, 0.29) is 0 Å². The van der Waals surface area contributed by atoms with E-state index in [0.29, 0.717) is 0 Å². The van der Waals surface area contributed by atoms with Gasteiger partial charge in [-0.2, -0.15) is 0 Å². The summed E-state index contributed by atoms with van der Waals surface area (Å²) >= 11 is 0. The van der Waals surface area contributed by atoms with Crippen molar-refractivity contribution in [1.29, 1.82) is 0 Å². The molecule has 0 fully saturated rings. The smallest absolute Gasteiger partial charge is 0.138 e. The lowest BCUT2D eigenvalue weighted by Gasteiger charge is -2.28. The summed E-state index contributed by atoms with van der Waals surface area (Å²) in [5, 5.41) is 9.42. The molecule has 1 aromatic heterocycles. The molecule has 0 saturated heterocycles. The van der Waals surface area contributed by atoms with Gasteiger partial charge in [0.25, 0.3) is 0 Å². The van der Waals surface area contributed by atoms with Crippen molar-refractivity contribution in [1.82, 2.24) is 0 Å². The normalized spacial score (nSPS) is 11.5. The molecule has 0 unspecified atom stereocenters. The highest BCUT2D eigenvalue weighted by molar-refractivity contribution is 6.28. The fourth-order valence-electron chi connectivity index (χ4n) is 9.53. The van der Waals surface area contributed by atoms with Gasteiger partial charge in [-0.1, -0.05) is 176 Å². The van der Waals surface area contributed by atoms with Crippen LogP contribution >= 0.6 is 0 Å². The number of furan rings is 1. The molecule has 0 aliphatic carbocycles. The average molecular weight is 805 g/mol. The number of hydrogen-bond acceptors (Lipinski definition) is 3. The fraction of sp³-hybridized carbons (Fsp3) is 0. The summed E-state index contributed by atoms with van der Waals surface area (Å²) in [7, 11) is 0. The summed E-state index contributed by atoms with van der Waals surface area (Å²) < 4.78 is 6.73. The molecule has 0 radical (unpaired) electrons. The Bertz CT molecular complexity index is 3600. The highest BCUT2D eigenvalue weighted by Gasteiger charge is 2.22. The molecule has 3 heteroatoms. The van der Waals surface area contributed by atoms with Crippen molar-refractivity contribution in [3.8, 4) is 22.3 Å². The second-order valence-corrected chi connectivity index (χ2v) is 16.1. The largest absolute Gasteiger partial charge is 0.456 e. The van der Waals surface area contributed by atoms with Crippen molar-refractivity contribution in [2.75, 3.05) is 9.80 Å². The first-order chi connectivity index (χ1) is 31.3. The van der Waals surface area contributed by atoms with Crippen LogP contribution in [0.1, 0.15) is 0 Å². The summed E-state index contributed by atoms with van der Waals surface area (Å²) in [6.07, 6.45) is 0. The quantitative estimate of drug-likeness (QED) is 0.153. The molecule has 12 rings (SSSR count). The Balaban J connectivity index is 0.975. The predicted molar refractivity (Wildman–Crippen MR) is 266 cm³/mol. The molecule has 63 heavy (non-hydrogen) atoms. The van der Waals surface area contributed by atoms with Crippen LogP contribution in [-0.4, -0.2) is 0 Å². The van der Waals surface area contributed by atoms with Gasteiger partial charge in [0.2, 0.25) is 0 Å². The Hall–Kier alpha value is -8.40. The van der Waals surface area contributed by atoms with Crippen LogP contribution in [0.4, 0.5) is 34.1 Å². The molecular formula is C60H40N2O. The number of fused-ring (bicyclic) bond motifs is 8. The highest BCUT2D eigenvalue weighted by atomic mass is 16.3. The highest BCUT2D eigenvalue weighted by Crippen LogP contribution is 2.47. The van der Waals surface area contributed by atoms with E-state index in [4.69, 9.17) is 4.42 Å². The van der Waals surface area contributed by atoms with Gasteiger partial charge in [-0.3, -0.25) is 0 Å². The molecule has 11 aromatic carbocycles. The number of benzene rings is 11. The van der Waals surface area contributed by atoms with Crippen molar-refractivity contribution >= 4 is 88.4 Å². The van der Waals surface area contributed by atoms with Crippen LogP contribution in [0.2, 0.25) is 0 Å². The van der Waals surface area contributed by atoms with Gasteiger partial charge in [0, 0.05) is 50.4 Å². The van der Waals surface area contributed by atoms with Gasteiger partial charge in [-0.05, 0) is 104 Å². The van der Waals surface area contributed by atoms with Crippen LogP contribution in [0.3, 0.4) is 0 Å². The number of hydrogen-bond donors (Lipinski definition) is 0. The Morgan fingerprint density at radius 2 is 0.730 bits per heavy atom. The Morgan fingerprint density at radius 3 is 1.38 bits per heavy atom. The van der Waals surface area contributed by atoms with Crippen LogP contribution in [0.5, 0.6) is 0 Å². The third-order valence-electron chi connectivity index (χ3n) is 12.4. The molecular weight excluding hydrogens is 765 g/mol. The van der Waals surface area contributed by atoms with Gasteiger partial charge in [-0.25, -0.2) is 0 Å². The lowest BCUT2D eigenvalue weighted by atomic mass is 9.95. The van der Waals surface area contributed by atoms with E-state index < -0.39 is 0 Å². The average Bonchev–Trinajstić information content (AvgIpc) is 3.75. The van der Waals surface area contributed by atoms with E-state index in [1.165, 1.54) is 43.6 Å². The van der Waals surface area contributed by atoms with E-state index in [1.807, 2.05) is 0 Å². The summed E-state index contributed by atoms with van der Waals surface area (Å²) in [4.78, 5) is 4.73. The maximum atomic E-state index is 6.73. The minimum Gasteiger partial charge on any atom is -0.456 e. The zero-order valence-corrected chi connectivity index (χ0v) is 34.4. The molecule has 0 N–H and O–H groups in total. The number of para-hydroxylation sites is 2. The number of anilines is 6. The van der Waals surface area contributed by atoms with Crippen LogP contribution in [0.15, 0.2) is 247 Å². The first kappa shape index (κ1) is 36.5. The van der Waals surface area contributed by atoms with E-state index >= 15 is 0 Å². The molecule has 0 amide bonds. The van der Waals surface area contributed by atoms with Crippen molar-refractivity contribution in [3.05, 3.63) is 243 Å². The van der Waals surface area contributed by atoms with Gasteiger partial charge >= 0.3 is 0 Å². The number of rotatable bonds is 8. The summed E-state index contributed by atoms with van der Waals surface area (Å²) in [6.45, 7) is 0. The Morgan fingerprint density at radius 1 is 0.270 bits per heavy atom. The second kappa shape index (κ2) is 15.3. The first-order valence-electron chi connectivity index (χ1n) is 21.5. The standard InChI is InChI=1S/C60H40N2O/c1-4-16-41(17-5-1)42-28-33-47(34-29-42)61(45-19-6-2-7-20-45)55-38-37-49(51-24-12-13-25-52(51)55)44-30-35-48(36-31-44)62(46-21-8-3-9-22-46)56-40-58-60(54-27-15-14-26-53(54)56)59-50-23-11-10-18-43(50)32-39-57(59)63-58/h1-40H. The van der Waals surface area contributed by atoms with Crippen LogP contribution in [-0.2, 0) is 0 Å². The van der Waals surface area contributed by atoms with Crippen molar-refractivity contribution in [2.24, 2.45) is 0 Å². The zero-order chi connectivity index (χ0) is 41.7. The van der Waals surface area contributed by atoms with Gasteiger partial charge in [-0.15, -0.1) is 0 Å². The topological polar surface area (TPSA) is 19.6 Å². The molecule has 296 valence electrons. The maximum Gasteiger partial charge on any atom is 0.138 e. The lowest BCUT2D eigenvalue weighted by molar-refractivity contribution is 0.669. The molecule has 0 saturated carbocycles. The molecule has 0 bridgehead atoms. The zero-order valence-electron chi connectivity index (χ0n) is 34.4. The summed E-state index contributed by atoms with van der Waals surface area (Å²) in [5.74, 6) is 0. The minimum atomic E-state index is 0.871. The second-order valence-electron chi connectivity index (χ2n) is 16.1. The predicted octanol–water partition coefficient (Wildman–Crippen LogP) is 17.3. The van der Waals surface area contributed by atoms with Crippen LogP contribution in [0, 0.1) is 0 Å². The van der Waals surface area contributed by atoms with E-state index in [9.17, 15) is 0 Å². The third kappa shape index (κ3) is 6.29. The summed E-state index contributed by atoms with van der Waals surface area (Å²) in [6, 6.07) is 86.9. The molecule has 0 atom stereocenters. The van der Waals surface area contributed by atoms with Gasteiger partial charge in [0.05, 0.1) is 11.4 Å². The van der Waals surface area contributed by atoms with Gasteiger partial charge in [0.1, 0.15) is 11.2 Å². The maximum absolute atomic E-state index is 6.73. The molecule has 0 aliphatic heterocycles. The Labute approximate surface area is 365 Å². The number of nitrogens with zero attached hydrogens (tertiary/aromatic N) is 2. The van der Waals surface area contributed by atoms with Crippen LogP contribution < -0.4 is 9.80 Å². The monoisotopic (exact) mass is 804 g/mol. The molecule has 0 aliphatic rings.